The van der Waals surface area contributed by atoms with Crippen LogP contribution in [0, 0.1) is 0 Å². The summed E-state index contributed by atoms with van der Waals surface area (Å²) in [5.74, 6) is 0.0904. The first-order chi connectivity index (χ1) is 10.8. The van der Waals surface area contributed by atoms with E-state index in [2.05, 4.69) is 31.0 Å². The van der Waals surface area contributed by atoms with Gasteiger partial charge in [0.05, 0.1) is 6.54 Å². The van der Waals surface area contributed by atoms with Crippen LogP contribution in [0.2, 0.25) is 0 Å². The lowest BCUT2D eigenvalue weighted by atomic mass is 9.86. The predicted octanol–water partition coefficient (Wildman–Crippen LogP) is 1.49. The largest absolute Gasteiger partial charge is 0.358 e. The zero-order chi connectivity index (χ0) is 17.0. The zero-order valence-corrected chi connectivity index (χ0v) is 14.6. The number of rotatable bonds is 3. The van der Waals surface area contributed by atoms with Crippen molar-refractivity contribution in [3.63, 3.8) is 0 Å². The van der Waals surface area contributed by atoms with Gasteiger partial charge in [-0.15, -0.1) is 0 Å². The maximum absolute atomic E-state index is 12.6. The van der Waals surface area contributed by atoms with E-state index in [1.54, 1.807) is 7.05 Å². The normalized spacial score (nSPS) is 16.3. The van der Waals surface area contributed by atoms with Crippen molar-refractivity contribution in [1.29, 1.82) is 0 Å². The average molecular weight is 317 g/mol. The van der Waals surface area contributed by atoms with Gasteiger partial charge >= 0.3 is 0 Å². The van der Waals surface area contributed by atoms with E-state index in [0.29, 0.717) is 19.6 Å². The summed E-state index contributed by atoms with van der Waals surface area (Å²) in [5.41, 5.74) is 2.05. The monoisotopic (exact) mass is 317 g/mol. The van der Waals surface area contributed by atoms with Gasteiger partial charge in [-0.1, -0.05) is 32.9 Å². The van der Waals surface area contributed by atoms with E-state index in [9.17, 15) is 9.59 Å². The summed E-state index contributed by atoms with van der Waals surface area (Å²) in [5, 5.41) is 2.63. The molecule has 1 aromatic carbocycles. The van der Waals surface area contributed by atoms with E-state index < -0.39 is 0 Å². The third kappa shape index (κ3) is 4.55. The second-order valence-corrected chi connectivity index (χ2v) is 7.07. The molecule has 0 aromatic heterocycles. The highest BCUT2D eigenvalue weighted by atomic mass is 16.2. The van der Waals surface area contributed by atoms with Crippen LogP contribution in [0.3, 0.4) is 0 Å². The first kappa shape index (κ1) is 17.5. The van der Waals surface area contributed by atoms with E-state index >= 15 is 0 Å². The summed E-state index contributed by atoms with van der Waals surface area (Å²) in [6.07, 6.45) is 0. The summed E-state index contributed by atoms with van der Waals surface area (Å²) in [4.78, 5) is 27.9. The first-order valence-electron chi connectivity index (χ1n) is 8.14. The molecular formula is C18H27N3O2. The Kier molecular flexibility index (Phi) is 5.42. The average Bonchev–Trinajstić information content (AvgIpc) is 2.54. The molecule has 0 aliphatic carbocycles. The lowest BCUT2D eigenvalue weighted by Crippen LogP contribution is -2.50. The lowest BCUT2D eigenvalue weighted by molar-refractivity contribution is -0.122. The molecule has 1 N–H and O–H groups in total. The molecule has 0 bridgehead atoms. The third-order valence-electron chi connectivity index (χ3n) is 4.30. The number of nitrogens with zero attached hydrogens (tertiary/aromatic N) is 2. The van der Waals surface area contributed by atoms with E-state index in [1.165, 1.54) is 5.56 Å². The molecule has 1 saturated heterocycles. The first-order valence-corrected chi connectivity index (χ1v) is 8.14. The summed E-state index contributed by atoms with van der Waals surface area (Å²) in [7, 11) is 1.64. The Morgan fingerprint density at radius 2 is 1.61 bits per heavy atom. The molecule has 2 amide bonds. The van der Waals surface area contributed by atoms with Crippen molar-refractivity contribution in [2.45, 2.75) is 26.2 Å². The molecule has 0 radical (unpaired) electrons. The summed E-state index contributed by atoms with van der Waals surface area (Å²) in [6.45, 7) is 9.69. The predicted molar refractivity (Wildman–Crippen MR) is 91.6 cm³/mol. The van der Waals surface area contributed by atoms with Gasteiger partial charge in [0.2, 0.25) is 5.91 Å². The molecule has 0 unspecified atom stereocenters. The van der Waals surface area contributed by atoms with Gasteiger partial charge in [0, 0.05) is 38.8 Å². The molecule has 23 heavy (non-hydrogen) atoms. The number of hydrogen-bond acceptors (Lipinski definition) is 3. The number of benzene rings is 1. The van der Waals surface area contributed by atoms with Gasteiger partial charge in [-0.25, -0.2) is 0 Å². The van der Waals surface area contributed by atoms with E-state index in [1.807, 2.05) is 29.2 Å². The molecule has 2 rings (SSSR count). The van der Waals surface area contributed by atoms with Crippen LogP contribution in [0.4, 0.5) is 0 Å². The van der Waals surface area contributed by atoms with Crippen LogP contribution in [0.1, 0.15) is 36.7 Å². The molecule has 5 nitrogen and oxygen atoms in total. The summed E-state index contributed by atoms with van der Waals surface area (Å²) >= 11 is 0. The van der Waals surface area contributed by atoms with Crippen LogP contribution >= 0.6 is 0 Å². The van der Waals surface area contributed by atoms with Crippen LogP contribution in [-0.4, -0.2) is 61.4 Å². The smallest absolute Gasteiger partial charge is 0.253 e. The molecule has 1 aliphatic heterocycles. The highest BCUT2D eigenvalue weighted by molar-refractivity contribution is 5.94. The highest BCUT2D eigenvalue weighted by Crippen LogP contribution is 2.22. The number of piperazine rings is 1. The molecule has 1 heterocycles. The Hall–Kier alpha value is -1.88. The minimum absolute atomic E-state index is 0.0162. The number of carbonyl (C=O) groups excluding carboxylic acids is 2. The van der Waals surface area contributed by atoms with Crippen molar-refractivity contribution in [2.24, 2.45) is 0 Å². The Balaban J connectivity index is 1.93. The topological polar surface area (TPSA) is 52.7 Å². The second kappa shape index (κ2) is 7.13. The van der Waals surface area contributed by atoms with Crippen molar-refractivity contribution < 1.29 is 9.59 Å². The van der Waals surface area contributed by atoms with Crippen LogP contribution in [-0.2, 0) is 10.2 Å². The van der Waals surface area contributed by atoms with Crippen molar-refractivity contribution in [3.8, 4) is 0 Å². The third-order valence-corrected chi connectivity index (χ3v) is 4.30. The Morgan fingerprint density at radius 3 is 2.09 bits per heavy atom. The summed E-state index contributed by atoms with van der Waals surface area (Å²) in [6, 6.07) is 7.91. The molecule has 126 valence electrons. The Labute approximate surface area is 138 Å². The number of carbonyl (C=O) groups is 2. The molecular weight excluding hydrogens is 290 g/mol. The Morgan fingerprint density at radius 1 is 1.04 bits per heavy atom. The standard InChI is InChI=1S/C18H27N3O2/c1-18(2,3)15-7-5-14(6-8-15)17(23)21-11-9-20(10-12-21)13-16(22)19-4/h5-8H,9-13H2,1-4H3,(H,19,22). The fourth-order valence-electron chi connectivity index (χ4n) is 2.69. The van der Waals surface area contributed by atoms with Gasteiger partial charge in [-0.05, 0) is 23.1 Å². The number of nitrogens with one attached hydrogen (secondary N) is 1. The van der Waals surface area contributed by atoms with Crippen LogP contribution < -0.4 is 5.32 Å². The molecule has 1 aliphatic rings. The van der Waals surface area contributed by atoms with E-state index in [-0.39, 0.29) is 17.2 Å². The van der Waals surface area contributed by atoms with Gasteiger partial charge < -0.3 is 10.2 Å². The lowest BCUT2D eigenvalue weighted by Gasteiger charge is -2.34. The summed E-state index contributed by atoms with van der Waals surface area (Å²) < 4.78 is 0. The van der Waals surface area contributed by atoms with Crippen LogP contribution in [0.25, 0.3) is 0 Å². The molecule has 0 saturated carbocycles. The van der Waals surface area contributed by atoms with Gasteiger partial charge in [-0.2, -0.15) is 0 Å². The molecule has 1 fully saturated rings. The van der Waals surface area contributed by atoms with Gasteiger partial charge in [0.1, 0.15) is 0 Å². The number of amides is 2. The maximum Gasteiger partial charge on any atom is 0.253 e. The van der Waals surface area contributed by atoms with Crippen LogP contribution in [0.5, 0.6) is 0 Å². The SMILES string of the molecule is CNC(=O)CN1CCN(C(=O)c2ccc(C(C)(C)C)cc2)CC1. The van der Waals surface area contributed by atoms with Gasteiger partial charge in [0.15, 0.2) is 0 Å². The molecule has 0 spiro atoms. The van der Waals surface area contributed by atoms with Crippen molar-refractivity contribution >= 4 is 11.8 Å². The quantitative estimate of drug-likeness (QED) is 0.919. The minimum atomic E-state index is 0.0162. The van der Waals surface area contributed by atoms with E-state index in [0.717, 1.165) is 18.7 Å². The van der Waals surface area contributed by atoms with Crippen molar-refractivity contribution in [3.05, 3.63) is 35.4 Å². The molecule has 1 aromatic rings. The second-order valence-electron chi connectivity index (χ2n) is 7.07. The molecule has 5 heteroatoms. The van der Waals surface area contributed by atoms with Crippen LogP contribution in [0.15, 0.2) is 24.3 Å². The minimum Gasteiger partial charge on any atom is -0.358 e. The van der Waals surface area contributed by atoms with E-state index in [4.69, 9.17) is 0 Å². The van der Waals surface area contributed by atoms with Crippen molar-refractivity contribution in [1.82, 2.24) is 15.1 Å². The zero-order valence-electron chi connectivity index (χ0n) is 14.6. The number of likely N-dealkylation sites (N-methyl/N-ethyl adjacent to an activating group) is 1. The fraction of sp³-hybridized carbons (Fsp3) is 0.556. The number of hydrogen-bond donors (Lipinski definition) is 1. The van der Waals surface area contributed by atoms with Gasteiger partial charge in [0.25, 0.3) is 5.91 Å². The molecule has 0 atom stereocenters. The highest BCUT2D eigenvalue weighted by Gasteiger charge is 2.23. The van der Waals surface area contributed by atoms with Crippen molar-refractivity contribution in [2.75, 3.05) is 39.8 Å². The fourth-order valence-corrected chi connectivity index (χ4v) is 2.69. The Bertz CT molecular complexity index is 553. The van der Waals surface area contributed by atoms with Gasteiger partial charge in [-0.3, -0.25) is 14.5 Å². The maximum atomic E-state index is 12.6.